The number of benzene rings is 2. The Morgan fingerprint density at radius 3 is 2.50 bits per heavy atom. The van der Waals surface area contributed by atoms with E-state index in [1.807, 2.05) is 30.3 Å². The minimum Gasteiger partial charge on any atom is -0.469 e. The summed E-state index contributed by atoms with van der Waals surface area (Å²) < 4.78 is 4.92. The molecule has 0 heterocycles. The lowest BCUT2D eigenvalue weighted by atomic mass is 10.1. The zero-order valence-corrected chi connectivity index (χ0v) is 15.6. The normalized spacial score (nSPS) is 10.2. The van der Waals surface area contributed by atoms with E-state index in [1.165, 1.54) is 30.2 Å². The first kappa shape index (κ1) is 19.6. The molecule has 0 radical (unpaired) electrons. The number of amides is 1. The zero-order valence-electron chi connectivity index (χ0n) is 14.1. The van der Waals surface area contributed by atoms with Gasteiger partial charge in [0, 0.05) is 24.7 Å². The van der Waals surface area contributed by atoms with Crippen LogP contribution in [0.5, 0.6) is 0 Å². The molecule has 0 fully saturated rings. The zero-order chi connectivity index (χ0) is 19.1. The first-order valence-electron chi connectivity index (χ1n) is 7.76. The molecule has 136 valence electrons. The summed E-state index contributed by atoms with van der Waals surface area (Å²) in [6.45, 7) is 0.421. The minimum atomic E-state index is -0.559. The number of hydrogen-bond acceptors (Lipinski definition) is 5. The van der Waals surface area contributed by atoms with Crippen LogP contribution in [0.3, 0.4) is 0 Å². The third kappa shape index (κ3) is 5.13. The molecule has 0 aliphatic rings. The fourth-order valence-electron chi connectivity index (χ4n) is 2.35. The van der Waals surface area contributed by atoms with Gasteiger partial charge in [-0.15, -0.1) is 0 Å². The molecule has 2 aromatic rings. The number of hydrogen-bond donors (Lipinski definition) is 0. The van der Waals surface area contributed by atoms with E-state index in [9.17, 15) is 19.7 Å². The lowest BCUT2D eigenvalue weighted by Crippen LogP contribution is -2.32. The van der Waals surface area contributed by atoms with Crippen LogP contribution in [0.25, 0.3) is 0 Å². The molecule has 1 amide bonds. The summed E-state index contributed by atoms with van der Waals surface area (Å²) in [7, 11) is 1.28. The Kier molecular flexibility index (Phi) is 6.85. The molecule has 0 N–H and O–H groups in total. The standard InChI is InChI=1S/C18H17BrN2O5/c1-26-17(22)9-10-20(12-13-5-3-2-4-6-13)18(23)14-7-8-15(19)16(11-14)21(24)25/h2-8,11H,9-10,12H2,1H3. The summed E-state index contributed by atoms with van der Waals surface area (Å²) in [6, 6.07) is 13.5. The topological polar surface area (TPSA) is 89.8 Å². The van der Waals surface area contributed by atoms with Gasteiger partial charge >= 0.3 is 5.97 Å². The molecule has 0 saturated carbocycles. The van der Waals surface area contributed by atoms with Crippen molar-refractivity contribution < 1.29 is 19.2 Å². The maximum Gasteiger partial charge on any atom is 0.307 e. The largest absolute Gasteiger partial charge is 0.469 e. The number of esters is 1. The van der Waals surface area contributed by atoms with Crippen LogP contribution in [-0.4, -0.2) is 35.4 Å². The van der Waals surface area contributed by atoms with Gasteiger partial charge in [-0.2, -0.15) is 0 Å². The van der Waals surface area contributed by atoms with Crippen molar-refractivity contribution in [3.05, 3.63) is 74.2 Å². The van der Waals surface area contributed by atoms with Crippen LogP contribution in [0.15, 0.2) is 53.0 Å². The average Bonchev–Trinajstić information content (AvgIpc) is 2.65. The number of nitro benzene ring substituents is 1. The van der Waals surface area contributed by atoms with Crippen molar-refractivity contribution in [2.24, 2.45) is 0 Å². The summed E-state index contributed by atoms with van der Waals surface area (Å²) in [5.41, 5.74) is 0.876. The van der Waals surface area contributed by atoms with Gasteiger partial charge in [-0.05, 0) is 33.6 Å². The van der Waals surface area contributed by atoms with Crippen molar-refractivity contribution in [1.82, 2.24) is 4.90 Å². The second kappa shape index (κ2) is 9.10. The van der Waals surface area contributed by atoms with Crippen LogP contribution in [0, 0.1) is 10.1 Å². The van der Waals surface area contributed by atoms with Crippen LogP contribution >= 0.6 is 15.9 Å². The van der Waals surface area contributed by atoms with E-state index >= 15 is 0 Å². The van der Waals surface area contributed by atoms with Gasteiger partial charge in [0.1, 0.15) is 0 Å². The molecule has 0 aliphatic heterocycles. The fourth-order valence-corrected chi connectivity index (χ4v) is 2.74. The number of rotatable bonds is 7. The lowest BCUT2D eigenvalue weighted by molar-refractivity contribution is -0.385. The highest BCUT2D eigenvalue weighted by atomic mass is 79.9. The van der Waals surface area contributed by atoms with Gasteiger partial charge in [0.25, 0.3) is 11.6 Å². The van der Waals surface area contributed by atoms with Crippen LogP contribution < -0.4 is 0 Å². The van der Waals surface area contributed by atoms with E-state index in [1.54, 1.807) is 0 Å². The number of halogens is 1. The monoisotopic (exact) mass is 420 g/mol. The lowest BCUT2D eigenvalue weighted by Gasteiger charge is -2.22. The Morgan fingerprint density at radius 1 is 1.19 bits per heavy atom. The van der Waals surface area contributed by atoms with Crippen molar-refractivity contribution in [3.8, 4) is 0 Å². The predicted molar refractivity (Wildman–Crippen MR) is 98.6 cm³/mol. The van der Waals surface area contributed by atoms with Gasteiger partial charge in [0.2, 0.25) is 0 Å². The van der Waals surface area contributed by atoms with Gasteiger partial charge in [-0.3, -0.25) is 19.7 Å². The second-order valence-electron chi connectivity index (χ2n) is 5.46. The highest BCUT2D eigenvalue weighted by Crippen LogP contribution is 2.26. The maximum absolute atomic E-state index is 12.9. The van der Waals surface area contributed by atoms with Gasteiger partial charge in [0.05, 0.1) is 22.9 Å². The van der Waals surface area contributed by atoms with Crippen molar-refractivity contribution in [2.75, 3.05) is 13.7 Å². The molecule has 0 unspecified atom stereocenters. The van der Waals surface area contributed by atoms with Gasteiger partial charge in [-0.1, -0.05) is 30.3 Å². The van der Waals surface area contributed by atoms with E-state index in [0.717, 1.165) is 5.56 Å². The maximum atomic E-state index is 12.9. The highest BCUT2D eigenvalue weighted by Gasteiger charge is 2.21. The second-order valence-corrected chi connectivity index (χ2v) is 6.32. The van der Waals surface area contributed by atoms with Crippen molar-refractivity contribution in [3.63, 3.8) is 0 Å². The highest BCUT2D eigenvalue weighted by molar-refractivity contribution is 9.10. The first-order valence-corrected chi connectivity index (χ1v) is 8.55. The number of nitro groups is 1. The molecule has 0 spiro atoms. The molecule has 0 aliphatic carbocycles. The molecule has 0 saturated heterocycles. The Balaban J connectivity index is 2.28. The van der Waals surface area contributed by atoms with Gasteiger partial charge < -0.3 is 9.64 Å². The van der Waals surface area contributed by atoms with E-state index in [4.69, 9.17) is 0 Å². The molecule has 8 heteroatoms. The molecular formula is C18H17BrN2O5. The quantitative estimate of drug-likeness (QED) is 0.388. The van der Waals surface area contributed by atoms with Gasteiger partial charge in [-0.25, -0.2) is 0 Å². The van der Waals surface area contributed by atoms with E-state index < -0.39 is 16.8 Å². The van der Waals surface area contributed by atoms with Crippen LogP contribution in [0.1, 0.15) is 22.3 Å². The Morgan fingerprint density at radius 2 is 1.88 bits per heavy atom. The third-order valence-corrected chi connectivity index (χ3v) is 4.38. The van der Waals surface area contributed by atoms with E-state index in [0.29, 0.717) is 4.47 Å². The molecular weight excluding hydrogens is 404 g/mol. The Bertz CT molecular complexity index is 810. The smallest absolute Gasteiger partial charge is 0.307 e. The summed E-state index contributed by atoms with van der Waals surface area (Å²) in [4.78, 5) is 36.3. The summed E-state index contributed by atoms with van der Waals surface area (Å²) in [6.07, 6.45) is 0.0354. The molecule has 0 atom stereocenters. The van der Waals surface area contributed by atoms with Crippen molar-refractivity contribution >= 4 is 33.5 Å². The van der Waals surface area contributed by atoms with Crippen LogP contribution in [0.4, 0.5) is 5.69 Å². The number of nitrogens with zero attached hydrogens (tertiary/aromatic N) is 2. The number of methoxy groups -OCH3 is 1. The van der Waals surface area contributed by atoms with Crippen molar-refractivity contribution in [2.45, 2.75) is 13.0 Å². The number of carbonyl (C=O) groups is 2. The minimum absolute atomic E-state index is 0.0354. The summed E-state index contributed by atoms with van der Waals surface area (Å²) in [5.74, 6) is -0.828. The Hall–Kier alpha value is -2.74. The fraction of sp³-hybridized carbons (Fsp3) is 0.222. The summed E-state index contributed by atoms with van der Waals surface area (Å²) >= 11 is 3.10. The van der Waals surface area contributed by atoms with Crippen LogP contribution in [-0.2, 0) is 16.1 Å². The SMILES string of the molecule is COC(=O)CCN(Cc1ccccc1)C(=O)c1ccc(Br)c([N+](=O)[O-])c1. The van der Waals surface area contributed by atoms with E-state index in [2.05, 4.69) is 20.7 Å². The van der Waals surface area contributed by atoms with Crippen molar-refractivity contribution in [1.29, 1.82) is 0 Å². The number of carbonyl (C=O) groups excluding carboxylic acids is 2. The molecule has 0 bridgehead atoms. The summed E-state index contributed by atoms with van der Waals surface area (Å²) in [5, 5.41) is 11.1. The molecule has 2 aromatic carbocycles. The van der Waals surface area contributed by atoms with E-state index in [-0.39, 0.29) is 30.8 Å². The average molecular weight is 421 g/mol. The molecule has 26 heavy (non-hydrogen) atoms. The molecule has 2 rings (SSSR count). The molecule has 0 aromatic heterocycles. The van der Waals surface area contributed by atoms with Gasteiger partial charge in [0.15, 0.2) is 0 Å². The predicted octanol–water partition coefficient (Wildman–Crippen LogP) is 3.56. The molecule has 7 nitrogen and oxygen atoms in total. The number of ether oxygens (including phenoxy) is 1. The van der Waals surface area contributed by atoms with Crippen LogP contribution in [0.2, 0.25) is 0 Å². The Labute approximate surface area is 158 Å². The first-order chi connectivity index (χ1) is 12.4. The third-order valence-electron chi connectivity index (χ3n) is 3.71.